The highest BCUT2D eigenvalue weighted by molar-refractivity contribution is 5.80. The number of anilines is 1. The normalized spacial score (nSPS) is 22.0. The zero-order valence-electron chi connectivity index (χ0n) is 14.9. The second-order valence-electron chi connectivity index (χ2n) is 7.31. The molecule has 2 fully saturated rings. The minimum atomic E-state index is 0.0511. The Balaban J connectivity index is 1.47. The molecule has 1 aromatic rings. The van der Waals surface area contributed by atoms with E-state index in [2.05, 4.69) is 34.3 Å². The Morgan fingerprint density at radius 3 is 2.54 bits per heavy atom. The molecule has 24 heavy (non-hydrogen) atoms. The number of nitrogens with one attached hydrogen (secondary N) is 3. The van der Waals surface area contributed by atoms with Crippen molar-refractivity contribution in [1.82, 2.24) is 5.32 Å². The number of amides is 1. The number of aromatic amines is 1. The van der Waals surface area contributed by atoms with E-state index in [9.17, 15) is 4.79 Å². The number of nitrogens with zero attached hydrogens (tertiary/aromatic N) is 1. The molecule has 1 atom stereocenters. The van der Waals surface area contributed by atoms with Crippen LogP contribution >= 0.6 is 0 Å². The van der Waals surface area contributed by atoms with Crippen LogP contribution in [0, 0.1) is 0 Å². The van der Waals surface area contributed by atoms with Crippen LogP contribution in [0.15, 0.2) is 24.4 Å². The molecule has 1 saturated heterocycles. The number of piperazine rings is 1. The Morgan fingerprint density at radius 2 is 1.92 bits per heavy atom. The minimum Gasteiger partial charge on any atom is -0.348 e. The first-order valence-corrected chi connectivity index (χ1v) is 9.60. The smallest absolute Gasteiger partial charge is 0.278 e. The number of hydrogen-bond acceptors (Lipinski definition) is 2. The number of quaternary nitrogens is 1. The molecule has 1 amide bonds. The summed E-state index contributed by atoms with van der Waals surface area (Å²) in [6.07, 6.45) is 9.46. The van der Waals surface area contributed by atoms with Gasteiger partial charge in [0.25, 0.3) is 11.7 Å². The Morgan fingerprint density at radius 1 is 1.21 bits per heavy atom. The molecule has 1 aromatic heterocycles. The highest BCUT2D eigenvalue weighted by Crippen LogP contribution is 2.17. The molecule has 0 radical (unpaired) electrons. The van der Waals surface area contributed by atoms with E-state index in [1.807, 2.05) is 12.3 Å². The van der Waals surface area contributed by atoms with Crippen LogP contribution in [-0.4, -0.2) is 44.2 Å². The maximum absolute atomic E-state index is 12.6. The summed E-state index contributed by atoms with van der Waals surface area (Å²) in [6, 6.07) is 6.64. The first-order chi connectivity index (χ1) is 11.7. The van der Waals surface area contributed by atoms with E-state index in [-0.39, 0.29) is 11.9 Å². The van der Waals surface area contributed by atoms with Crippen molar-refractivity contribution in [2.75, 3.05) is 31.1 Å². The standard InChI is InChI=1S/C19H30N4O/c1-16(19(24)21-17-8-4-2-3-5-9-17)22-12-14-23(15-13-22)18-10-6-7-11-20-18/h6-7,10-11,16-17H,2-5,8-9,12-15H2,1H3,(H,21,24)/p+2/t16-/m1/s1. The Hall–Kier alpha value is -1.62. The fourth-order valence-electron chi connectivity index (χ4n) is 3.98. The zero-order chi connectivity index (χ0) is 16.8. The third kappa shape index (κ3) is 4.47. The first kappa shape index (κ1) is 17.2. The molecule has 3 N–H and O–H groups in total. The first-order valence-electron chi connectivity index (χ1n) is 9.60. The summed E-state index contributed by atoms with van der Waals surface area (Å²) in [5.41, 5.74) is 0. The molecule has 1 aliphatic heterocycles. The Kier molecular flexibility index (Phi) is 6.07. The van der Waals surface area contributed by atoms with Crippen LogP contribution in [-0.2, 0) is 4.79 Å². The van der Waals surface area contributed by atoms with Crippen molar-refractivity contribution < 1.29 is 14.7 Å². The van der Waals surface area contributed by atoms with Crippen molar-refractivity contribution in [2.24, 2.45) is 0 Å². The van der Waals surface area contributed by atoms with E-state index in [4.69, 9.17) is 0 Å². The van der Waals surface area contributed by atoms with Crippen LogP contribution in [0.25, 0.3) is 0 Å². The van der Waals surface area contributed by atoms with Crippen molar-refractivity contribution in [3.05, 3.63) is 24.4 Å². The molecule has 5 heteroatoms. The predicted molar refractivity (Wildman–Crippen MR) is 95.0 cm³/mol. The van der Waals surface area contributed by atoms with Crippen molar-refractivity contribution >= 4 is 11.7 Å². The van der Waals surface area contributed by atoms with Crippen molar-refractivity contribution in [1.29, 1.82) is 0 Å². The second kappa shape index (κ2) is 8.47. The van der Waals surface area contributed by atoms with Crippen LogP contribution in [0.2, 0.25) is 0 Å². The molecule has 1 aliphatic carbocycles. The number of H-pyrrole nitrogens is 1. The van der Waals surface area contributed by atoms with Gasteiger partial charge >= 0.3 is 0 Å². The zero-order valence-corrected chi connectivity index (χ0v) is 14.9. The van der Waals surface area contributed by atoms with Gasteiger partial charge in [-0.25, -0.2) is 4.98 Å². The van der Waals surface area contributed by atoms with Crippen LogP contribution in [0.1, 0.15) is 45.4 Å². The lowest BCUT2D eigenvalue weighted by atomic mass is 10.1. The van der Waals surface area contributed by atoms with E-state index in [1.165, 1.54) is 36.4 Å². The average molecular weight is 332 g/mol. The highest BCUT2D eigenvalue weighted by Gasteiger charge is 2.33. The topological polar surface area (TPSA) is 50.9 Å². The molecular formula is C19H32N4O+2. The largest absolute Gasteiger partial charge is 0.348 e. The summed E-state index contributed by atoms with van der Waals surface area (Å²) < 4.78 is 0. The maximum Gasteiger partial charge on any atom is 0.278 e. The molecule has 3 rings (SSSR count). The van der Waals surface area contributed by atoms with Gasteiger partial charge in [-0.3, -0.25) is 9.69 Å². The van der Waals surface area contributed by atoms with Gasteiger partial charge in [-0.05, 0) is 25.8 Å². The van der Waals surface area contributed by atoms with Gasteiger partial charge in [0, 0.05) is 12.1 Å². The van der Waals surface area contributed by atoms with E-state index in [0.717, 1.165) is 39.0 Å². The quantitative estimate of drug-likeness (QED) is 0.786. The van der Waals surface area contributed by atoms with Crippen LogP contribution in [0.5, 0.6) is 0 Å². The molecule has 0 spiro atoms. The minimum absolute atomic E-state index is 0.0511. The Labute approximate surface area is 145 Å². The highest BCUT2D eigenvalue weighted by atomic mass is 16.2. The summed E-state index contributed by atoms with van der Waals surface area (Å²) in [7, 11) is 0. The molecular weight excluding hydrogens is 300 g/mol. The van der Waals surface area contributed by atoms with Gasteiger partial charge in [0.05, 0.1) is 6.20 Å². The molecule has 0 aromatic carbocycles. The maximum atomic E-state index is 12.6. The van der Waals surface area contributed by atoms with E-state index < -0.39 is 0 Å². The average Bonchev–Trinajstić information content (AvgIpc) is 2.90. The molecule has 0 bridgehead atoms. The summed E-state index contributed by atoms with van der Waals surface area (Å²) >= 11 is 0. The fourth-order valence-corrected chi connectivity index (χ4v) is 3.98. The lowest BCUT2D eigenvalue weighted by molar-refractivity contribution is -0.914. The van der Waals surface area contributed by atoms with Crippen molar-refractivity contribution in [2.45, 2.75) is 57.5 Å². The van der Waals surface area contributed by atoms with Crippen LogP contribution in [0.4, 0.5) is 5.82 Å². The Bertz CT molecular complexity index is 505. The van der Waals surface area contributed by atoms with Gasteiger partial charge in [0.1, 0.15) is 26.2 Å². The van der Waals surface area contributed by atoms with Crippen LogP contribution in [0.3, 0.4) is 0 Å². The van der Waals surface area contributed by atoms with Gasteiger partial charge in [-0.2, -0.15) is 0 Å². The summed E-state index contributed by atoms with van der Waals surface area (Å²) in [5, 5.41) is 3.32. The second-order valence-corrected chi connectivity index (χ2v) is 7.31. The third-order valence-corrected chi connectivity index (χ3v) is 5.65. The molecule has 2 aliphatic rings. The number of carbonyl (C=O) groups is 1. The lowest BCUT2D eigenvalue weighted by Gasteiger charge is -2.32. The predicted octanol–water partition coefficient (Wildman–Crippen LogP) is 0.433. The van der Waals surface area contributed by atoms with Crippen molar-refractivity contribution in [3.63, 3.8) is 0 Å². The number of aromatic nitrogens is 1. The SMILES string of the molecule is C[C@H](C(=O)NC1CCCCCC1)[NH+]1CCN(c2cccc[nH+]2)CC1. The molecule has 2 heterocycles. The molecule has 1 saturated carbocycles. The van der Waals surface area contributed by atoms with E-state index >= 15 is 0 Å². The van der Waals surface area contributed by atoms with Gasteiger partial charge in [-0.1, -0.05) is 31.7 Å². The van der Waals surface area contributed by atoms with Gasteiger partial charge in [-0.15, -0.1) is 0 Å². The lowest BCUT2D eigenvalue weighted by Crippen LogP contribution is -3.19. The summed E-state index contributed by atoms with van der Waals surface area (Å²) in [4.78, 5) is 19.7. The van der Waals surface area contributed by atoms with Gasteiger partial charge in [0.15, 0.2) is 6.04 Å². The van der Waals surface area contributed by atoms with Gasteiger partial charge in [0.2, 0.25) is 0 Å². The third-order valence-electron chi connectivity index (χ3n) is 5.65. The number of pyridine rings is 1. The number of hydrogen-bond donors (Lipinski definition) is 2. The number of rotatable bonds is 4. The molecule has 0 unspecified atom stereocenters. The van der Waals surface area contributed by atoms with Crippen LogP contribution < -0.4 is 20.1 Å². The van der Waals surface area contributed by atoms with Crippen molar-refractivity contribution in [3.8, 4) is 0 Å². The molecule has 132 valence electrons. The fraction of sp³-hybridized carbons (Fsp3) is 0.684. The van der Waals surface area contributed by atoms with Gasteiger partial charge < -0.3 is 10.2 Å². The van der Waals surface area contributed by atoms with E-state index in [1.54, 1.807) is 0 Å². The summed E-state index contributed by atoms with van der Waals surface area (Å²) in [6.45, 7) is 6.11. The number of carbonyl (C=O) groups excluding carboxylic acids is 1. The van der Waals surface area contributed by atoms with E-state index in [0.29, 0.717) is 6.04 Å². The summed E-state index contributed by atoms with van der Waals surface area (Å²) in [5.74, 6) is 1.42. The monoisotopic (exact) mass is 332 g/mol. The molecule has 5 nitrogen and oxygen atoms in total.